The Morgan fingerprint density at radius 3 is 2.34 bits per heavy atom. The Bertz CT molecular complexity index is 876. The number of Topliss-reactive ketones (excluding diaryl/α,β-unsaturated/α-hetero) is 1. The highest BCUT2D eigenvalue weighted by Gasteiger charge is 2.32. The van der Waals surface area contributed by atoms with Crippen LogP contribution in [-0.4, -0.2) is 58.4 Å². The molecule has 0 bridgehead atoms. The van der Waals surface area contributed by atoms with E-state index in [1.807, 2.05) is 0 Å². The number of nitrogens with one attached hydrogen (secondary N) is 1. The molecule has 154 valence electrons. The van der Waals surface area contributed by atoms with Crippen molar-refractivity contribution in [3.05, 3.63) is 47.8 Å². The van der Waals surface area contributed by atoms with Gasteiger partial charge in [0.2, 0.25) is 0 Å². The minimum atomic E-state index is -4.21. The molecular formula is C20H21F3N4O2. The maximum atomic E-state index is 12.4. The zero-order chi connectivity index (χ0) is 21.0. The van der Waals surface area contributed by atoms with Crippen molar-refractivity contribution in [2.24, 2.45) is 0 Å². The number of hydrogen-bond donors (Lipinski definition) is 1. The van der Waals surface area contributed by atoms with Gasteiger partial charge in [0, 0.05) is 42.7 Å². The molecule has 1 aromatic heterocycles. The average Bonchev–Trinajstić information content (AvgIpc) is 2.68. The standard InChI is InChI=1S/C20H21F3N4O2/c1-13(28)16-4-2-3-5-17(16)18-24-10-14(11-25-18)19(29)26-15-6-8-27(9-7-15)12-20(21,22)23/h2-5,10-11,15H,6-9,12H2,1H3,(H,26,29). The summed E-state index contributed by atoms with van der Waals surface area (Å²) in [6, 6.07) is 6.76. The van der Waals surface area contributed by atoms with E-state index >= 15 is 0 Å². The third-order valence-electron chi connectivity index (χ3n) is 4.79. The first-order valence-electron chi connectivity index (χ1n) is 9.25. The topological polar surface area (TPSA) is 75.2 Å². The van der Waals surface area contributed by atoms with E-state index < -0.39 is 12.7 Å². The lowest BCUT2D eigenvalue weighted by Crippen LogP contribution is -2.47. The molecule has 0 aliphatic carbocycles. The van der Waals surface area contributed by atoms with Crippen LogP contribution in [0.4, 0.5) is 13.2 Å². The third kappa shape index (κ3) is 5.60. The molecule has 1 aromatic carbocycles. The quantitative estimate of drug-likeness (QED) is 0.773. The van der Waals surface area contributed by atoms with Gasteiger partial charge < -0.3 is 5.32 Å². The SMILES string of the molecule is CC(=O)c1ccccc1-c1ncc(C(=O)NC2CCN(CC(F)(F)F)CC2)cn1. The molecule has 1 aliphatic rings. The molecule has 1 N–H and O–H groups in total. The van der Waals surface area contributed by atoms with Crippen molar-refractivity contribution in [2.45, 2.75) is 32.0 Å². The van der Waals surface area contributed by atoms with Gasteiger partial charge in [-0.15, -0.1) is 0 Å². The molecule has 1 aliphatic heterocycles. The van der Waals surface area contributed by atoms with Crippen molar-refractivity contribution in [1.82, 2.24) is 20.2 Å². The lowest BCUT2D eigenvalue weighted by atomic mass is 10.0. The van der Waals surface area contributed by atoms with Gasteiger partial charge >= 0.3 is 6.18 Å². The average molecular weight is 406 g/mol. The predicted molar refractivity (Wildman–Crippen MR) is 100 cm³/mol. The molecule has 0 unspecified atom stereocenters. The fraction of sp³-hybridized carbons (Fsp3) is 0.400. The van der Waals surface area contributed by atoms with Gasteiger partial charge in [-0.05, 0) is 19.8 Å². The zero-order valence-corrected chi connectivity index (χ0v) is 15.9. The number of rotatable bonds is 5. The number of benzene rings is 1. The van der Waals surface area contributed by atoms with Crippen molar-refractivity contribution in [1.29, 1.82) is 0 Å². The Labute approximate surface area is 166 Å². The summed E-state index contributed by atoms with van der Waals surface area (Å²) >= 11 is 0. The fourth-order valence-corrected chi connectivity index (χ4v) is 3.33. The number of piperidine rings is 1. The molecule has 3 rings (SSSR count). The van der Waals surface area contributed by atoms with Crippen LogP contribution in [0.5, 0.6) is 0 Å². The number of carbonyl (C=O) groups is 2. The van der Waals surface area contributed by atoms with E-state index in [9.17, 15) is 22.8 Å². The molecule has 6 nitrogen and oxygen atoms in total. The highest BCUT2D eigenvalue weighted by atomic mass is 19.4. The van der Waals surface area contributed by atoms with Crippen molar-refractivity contribution in [3.63, 3.8) is 0 Å². The Morgan fingerprint density at radius 1 is 1.14 bits per heavy atom. The van der Waals surface area contributed by atoms with Gasteiger partial charge in [0.15, 0.2) is 11.6 Å². The molecule has 0 saturated carbocycles. The Hall–Kier alpha value is -2.81. The molecule has 9 heteroatoms. The van der Waals surface area contributed by atoms with Crippen LogP contribution in [-0.2, 0) is 0 Å². The monoisotopic (exact) mass is 406 g/mol. The van der Waals surface area contributed by atoms with Crippen molar-refractivity contribution >= 4 is 11.7 Å². The fourth-order valence-electron chi connectivity index (χ4n) is 3.33. The predicted octanol–water partition coefficient (Wildman–Crippen LogP) is 3.10. The highest BCUT2D eigenvalue weighted by molar-refractivity contribution is 6.00. The first-order valence-corrected chi connectivity index (χ1v) is 9.25. The van der Waals surface area contributed by atoms with E-state index in [1.54, 1.807) is 24.3 Å². The van der Waals surface area contributed by atoms with Crippen LogP contribution in [0, 0.1) is 0 Å². The number of likely N-dealkylation sites (tertiary alicyclic amines) is 1. The second-order valence-electron chi connectivity index (χ2n) is 7.04. The smallest absolute Gasteiger partial charge is 0.349 e. The lowest BCUT2D eigenvalue weighted by Gasteiger charge is -2.32. The van der Waals surface area contributed by atoms with Crippen LogP contribution < -0.4 is 5.32 Å². The van der Waals surface area contributed by atoms with E-state index in [2.05, 4.69) is 15.3 Å². The van der Waals surface area contributed by atoms with E-state index in [4.69, 9.17) is 0 Å². The number of halogens is 3. The number of ketones is 1. The second kappa shape index (κ2) is 8.69. The number of carbonyl (C=O) groups excluding carboxylic acids is 2. The molecule has 0 atom stereocenters. The van der Waals surface area contributed by atoms with E-state index in [0.29, 0.717) is 29.8 Å². The van der Waals surface area contributed by atoms with Gasteiger partial charge in [0.25, 0.3) is 5.91 Å². The molecular weight excluding hydrogens is 385 g/mol. The van der Waals surface area contributed by atoms with Crippen LogP contribution in [0.1, 0.15) is 40.5 Å². The summed E-state index contributed by atoms with van der Waals surface area (Å²) in [5, 5.41) is 2.83. The molecule has 1 amide bonds. The summed E-state index contributed by atoms with van der Waals surface area (Å²) in [5.74, 6) is -0.138. The number of hydrogen-bond acceptors (Lipinski definition) is 5. The zero-order valence-electron chi connectivity index (χ0n) is 15.9. The largest absolute Gasteiger partial charge is 0.401 e. The van der Waals surface area contributed by atoms with Gasteiger partial charge in [-0.2, -0.15) is 13.2 Å². The first-order chi connectivity index (χ1) is 13.7. The summed E-state index contributed by atoms with van der Waals surface area (Å²) in [7, 11) is 0. The minimum Gasteiger partial charge on any atom is -0.349 e. The first kappa shape index (κ1) is 20.9. The van der Waals surface area contributed by atoms with Gasteiger partial charge in [-0.25, -0.2) is 9.97 Å². The number of alkyl halides is 3. The second-order valence-corrected chi connectivity index (χ2v) is 7.04. The lowest BCUT2D eigenvalue weighted by molar-refractivity contribution is -0.148. The normalized spacial score (nSPS) is 15.9. The third-order valence-corrected chi connectivity index (χ3v) is 4.79. The minimum absolute atomic E-state index is 0.108. The van der Waals surface area contributed by atoms with Gasteiger partial charge in [-0.3, -0.25) is 14.5 Å². The number of amides is 1. The van der Waals surface area contributed by atoms with Crippen LogP contribution in [0.3, 0.4) is 0 Å². The molecule has 0 spiro atoms. The number of aromatic nitrogens is 2. The summed E-state index contributed by atoms with van der Waals surface area (Å²) in [6.45, 7) is 1.09. The van der Waals surface area contributed by atoms with Crippen molar-refractivity contribution in [2.75, 3.05) is 19.6 Å². The van der Waals surface area contributed by atoms with E-state index in [-0.39, 0.29) is 36.4 Å². The van der Waals surface area contributed by atoms with Crippen LogP contribution in [0.15, 0.2) is 36.7 Å². The molecule has 2 aromatic rings. The molecule has 1 fully saturated rings. The van der Waals surface area contributed by atoms with Crippen molar-refractivity contribution in [3.8, 4) is 11.4 Å². The van der Waals surface area contributed by atoms with E-state index in [1.165, 1.54) is 24.2 Å². The summed E-state index contributed by atoms with van der Waals surface area (Å²) in [6.07, 6.45) is -0.545. The van der Waals surface area contributed by atoms with Gasteiger partial charge in [-0.1, -0.05) is 24.3 Å². The van der Waals surface area contributed by atoms with Gasteiger partial charge in [0.05, 0.1) is 12.1 Å². The molecule has 1 saturated heterocycles. The van der Waals surface area contributed by atoms with Crippen molar-refractivity contribution < 1.29 is 22.8 Å². The van der Waals surface area contributed by atoms with Crippen LogP contribution in [0.2, 0.25) is 0 Å². The Kier molecular flexibility index (Phi) is 6.26. The highest BCUT2D eigenvalue weighted by Crippen LogP contribution is 2.21. The number of nitrogens with zero attached hydrogens (tertiary/aromatic N) is 3. The maximum absolute atomic E-state index is 12.4. The van der Waals surface area contributed by atoms with E-state index in [0.717, 1.165) is 0 Å². The van der Waals surface area contributed by atoms with Crippen LogP contribution in [0.25, 0.3) is 11.4 Å². The summed E-state index contributed by atoms with van der Waals surface area (Å²) in [4.78, 5) is 33.9. The molecule has 0 radical (unpaired) electrons. The Balaban J connectivity index is 1.60. The summed E-state index contributed by atoms with van der Waals surface area (Å²) in [5.41, 5.74) is 1.34. The Morgan fingerprint density at radius 2 is 1.76 bits per heavy atom. The summed E-state index contributed by atoms with van der Waals surface area (Å²) < 4.78 is 37.3. The molecule has 29 heavy (non-hydrogen) atoms. The van der Waals surface area contributed by atoms with Crippen LogP contribution >= 0.6 is 0 Å². The molecule has 2 heterocycles. The maximum Gasteiger partial charge on any atom is 0.401 e. The van der Waals surface area contributed by atoms with Gasteiger partial charge in [0.1, 0.15) is 0 Å².